The van der Waals surface area contributed by atoms with Gasteiger partial charge >= 0.3 is 5.97 Å². The van der Waals surface area contributed by atoms with Gasteiger partial charge in [0, 0.05) is 18.8 Å². The Morgan fingerprint density at radius 1 is 1.47 bits per heavy atom. The van der Waals surface area contributed by atoms with Crippen LogP contribution in [0.4, 0.5) is 0 Å². The minimum atomic E-state index is -0.480. The molecule has 1 aromatic rings. The summed E-state index contributed by atoms with van der Waals surface area (Å²) in [6, 6.07) is 3.78. The van der Waals surface area contributed by atoms with Crippen molar-refractivity contribution in [2.24, 2.45) is 0 Å². The summed E-state index contributed by atoms with van der Waals surface area (Å²) in [5.41, 5.74) is 0.993. The van der Waals surface area contributed by atoms with Gasteiger partial charge in [-0.15, -0.1) is 0 Å². The van der Waals surface area contributed by atoms with E-state index in [0.717, 1.165) is 5.56 Å². The molecule has 0 aromatic carbocycles. The molecular weight excluding hydrogens is 218 g/mol. The molecule has 0 aliphatic rings. The van der Waals surface area contributed by atoms with E-state index in [-0.39, 0.29) is 12.2 Å². The molecule has 90 valence electrons. The molecular formula is C13H15NO3. The van der Waals surface area contributed by atoms with Crippen molar-refractivity contribution in [3.05, 3.63) is 36.2 Å². The van der Waals surface area contributed by atoms with Crippen LogP contribution in [0, 0.1) is 0 Å². The second kappa shape index (κ2) is 7.33. The summed E-state index contributed by atoms with van der Waals surface area (Å²) in [5.74, 6) is -0.584. The summed E-state index contributed by atoms with van der Waals surface area (Å²) < 4.78 is 4.41. The molecule has 0 fully saturated rings. The van der Waals surface area contributed by atoms with E-state index in [1.54, 1.807) is 12.4 Å². The monoisotopic (exact) mass is 233 g/mol. The number of esters is 1. The smallest absolute Gasteiger partial charge is 0.313 e. The third-order valence-corrected chi connectivity index (χ3v) is 2.15. The van der Waals surface area contributed by atoms with Gasteiger partial charge in [0.2, 0.25) is 0 Å². The maximum absolute atomic E-state index is 11.3. The number of ketones is 1. The highest BCUT2D eigenvalue weighted by atomic mass is 16.5. The molecule has 0 atom stereocenters. The number of pyridine rings is 1. The Balaban J connectivity index is 2.26. The number of Topliss-reactive ketones (excluding diaryl/α,β-unsaturated/α-hetero) is 1. The van der Waals surface area contributed by atoms with Crippen LogP contribution >= 0.6 is 0 Å². The van der Waals surface area contributed by atoms with Gasteiger partial charge in [0.25, 0.3) is 0 Å². The molecule has 1 aromatic heterocycles. The first-order valence-electron chi connectivity index (χ1n) is 5.37. The number of allylic oxidation sites excluding steroid dienone is 1. The standard InChI is InChI=1S/C13H15NO3/c1-17-13(16)9-12(15)7-3-2-5-11-6-4-8-14-10-11/h2,4-6,8,10H,3,7,9H2,1H3. The SMILES string of the molecule is COC(=O)CC(=O)CCC=Cc1cccnc1. The number of rotatable bonds is 6. The summed E-state index contributed by atoms with van der Waals surface area (Å²) >= 11 is 0. The number of carbonyl (C=O) groups is 2. The third kappa shape index (κ3) is 5.61. The van der Waals surface area contributed by atoms with Gasteiger partial charge < -0.3 is 4.74 Å². The van der Waals surface area contributed by atoms with Gasteiger partial charge in [0.15, 0.2) is 0 Å². The Bertz CT molecular complexity index is 398. The number of hydrogen-bond acceptors (Lipinski definition) is 4. The molecule has 0 radical (unpaired) electrons. The lowest BCUT2D eigenvalue weighted by Crippen LogP contribution is -2.08. The number of hydrogen-bond donors (Lipinski definition) is 0. The van der Waals surface area contributed by atoms with Gasteiger partial charge in [-0.05, 0) is 18.1 Å². The number of ether oxygens (including phenoxy) is 1. The van der Waals surface area contributed by atoms with Crippen molar-refractivity contribution >= 4 is 17.8 Å². The predicted molar refractivity (Wildman–Crippen MR) is 64.1 cm³/mol. The van der Waals surface area contributed by atoms with Crippen LogP contribution in [0.2, 0.25) is 0 Å². The number of aromatic nitrogens is 1. The van der Waals surface area contributed by atoms with Crippen LogP contribution in [0.1, 0.15) is 24.8 Å². The molecule has 4 nitrogen and oxygen atoms in total. The molecule has 17 heavy (non-hydrogen) atoms. The molecule has 0 aliphatic heterocycles. The third-order valence-electron chi connectivity index (χ3n) is 2.15. The normalized spacial score (nSPS) is 10.4. The lowest BCUT2D eigenvalue weighted by molar-refractivity contribution is -0.143. The van der Waals surface area contributed by atoms with Crippen molar-refractivity contribution in [2.45, 2.75) is 19.3 Å². The van der Waals surface area contributed by atoms with Crippen LogP contribution in [0.15, 0.2) is 30.6 Å². The van der Waals surface area contributed by atoms with Gasteiger partial charge in [-0.25, -0.2) is 0 Å². The summed E-state index contributed by atoms with van der Waals surface area (Å²) in [6.07, 6.45) is 8.07. The Kier molecular flexibility index (Phi) is 5.64. The summed E-state index contributed by atoms with van der Waals surface area (Å²) in [6.45, 7) is 0. The number of methoxy groups -OCH3 is 1. The minimum absolute atomic E-state index is 0.104. The van der Waals surface area contributed by atoms with Crippen LogP contribution in [-0.2, 0) is 14.3 Å². The fraction of sp³-hybridized carbons (Fsp3) is 0.308. The van der Waals surface area contributed by atoms with E-state index < -0.39 is 5.97 Å². The molecule has 0 saturated heterocycles. The number of carbonyl (C=O) groups excluding carboxylic acids is 2. The van der Waals surface area contributed by atoms with Crippen molar-refractivity contribution in [3.8, 4) is 0 Å². The van der Waals surface area contributed by atoms with Gasteiger partial charge in [-0.2, -0.15) is 0 Å². The van der Waals surface area contributed by atoms with E-state index in [9.17, 15) is 9.59 Å². The van der Waals surface area contributed by atoms with Crippen molar-refractivity contribution in [3.63, 3.8) is 0 Å². The molecule has 0 spiro atoms. The Morgan fingerprint density at radius 2 is 2.29 bits per heavy atom. The Labute approximate surface area is 100 Å². The van der Waals surface area contributed by atoms with Crippen molar-refractivity contribution in [2.75, 3.05) is 7.11 Å². The first kappa shape index (κ1) is 13.1. The maximum Gasteiger partial charge on any atom is 0.313 e. The van der Waals surface area contributed by atoms with E-state index in [4.69, 9.17) is 0 Å². The van der Waals surface area contributed by atoms with E-state index in [2.05, 4.69) is 9.72 Å². The largest absolute Gasteiger partial charge is 0.469 e. The average molecular weight is 233 g/mol. The second-order valence-corrected chi connectivity index (χ2v) is 3.52. The highest BCUT2D eigenvalue weighted by Gasteiger charge is 2.07. The van der Waals surface area contributed by atoms with Gasteiger partial charge in [-0.3, -0.25) is 14.6 Å². The first-order chi connectivity index (χ1) is 8.22. The van der Waals surface area contributed by atoms with Gasteiger partial charge in [-0.1, -0.05) is 18.2 Å². The molecule has 1 heterocycles. The highest BCUT2D eigenvalue weighted by Crippen LogP contribution is 2.03. The Hall–Kier alpha value is -1.97. The Morgan fingerprint density at radius 3 is 2.94 bits per heavy atom. The first-order valence-corrected chi connectivity index (χ1v) is 5.37. The van der Waals surface area contributed by atoms with Crippen molar-refractivity contribution in [1.29, 1.82) is 0 Å². The quantitative estimate of drug-likeness (QED) is 0.557. The van der Waals surface area contributed by atoms with E-state index in [0.29, 0.717) is 12.8 Å². The molecule has 4 heteroatoms. The summed E-state index contributed by atoms with van der Waals surface area (Å²) in [5, 5.41) is 0. The van der Waals surface area contributed by atoms with E-state index in [1.807, 2.05) is 24.3 Å². The fourth-order valence-electron chi connectivity index (χ4n) is 1.26. The zero-order valence-electron chi connectivity index (χ0n) is 9.76. The van der Waals surface area contributed by atoms with Crippen molar-refractivity contribution < 1.29 is 14.3 Å². The van der Waals surface area contributed by atoms with Crippen LogP contribution in [0.25, 0.3) is 6.08 Å². The molecule has 0 amide bonds. The average Bonchev–Trinajstić information content (AvgIpc) is 2.36. The maximum atomic E-state index is 11.3. The fourth-order valence-corrected chi connectivity index (χ4v) is 1.26. The van der Waals surface area contributed by atoms with Crippen LogP contribution in [0.5, 0.6) is 0 Å². The molecule has 0 unspecified atom stereocenters. The topological polar surface area (TPSA) is 56.3 Å². The van der Waals surface area contributed by atoms with E-state index >= 15 is 0 Å². The van der Waals surface area contributed by atoms with E-state index in [1.165, 1.54) is 7.11 Å². The van der Waals surface area contributed by atoms with Crippen LogP contribution in [0.3, 0.4) is 0 Å². The lowest BCUT2D eigenvalue weighted by Gasteiger charge is -1.97. The zero-order chi connectivity index (χ0) is 12.5. The molecule has 1 rings (SSSR count). The molecule has 0 aliphatic carbocycles. The highest BCUT2D eigenvalue weighted by molar-refractivity contribution is 5.95. The van der Waals surface area contributed by atoms with Crippen molar-refractivity contribution in [1.82, 2.24) is 4.98 Å². The van der Waals surface area contributed by atoms with Crippen LogP contribution < -0.4 is 0 Å². The molecule has 0 bridgehead atoms. The summed E-state index contributed by atoms with van der Waals surface area (Å²) in [4.78, 5) is 26.1. The van der Waals surface area contributed by atoms with Gasteiger partial charge in [0.1, 0.15) is 12.2 Å². The zero-order valence-corrected chi connectivity index (χ0v) is 9.76. The molecule has 0 N–H and O–H groups in total. The second-order valence-electron chi connectivity index (χ2n) is 3.52. The van der Waals surface area contributed by atoms with Gasteiger partial charge in [0.05, 0.1) is 7.11 Å². The minimum Gasteiger partial charge on any atom is -0.469 e. The van der Waals surface area contributed by atoms with Crippen LogP contribution in [-0.4, -0.2) is 23.8 Å². The number of nitrogens with zero attached hydrogens (tertiary/aromatic N) is 1. The predicted octanol–water partition coefficient (Wildman–Crippen LogP) is 2.01. The summed E-state index contributed by atoms with van der Waals surface area (Å²) in [7, 11) is 1.28. The lowest BCUT2D eigenvalue weighted by atomic mass is 10.1. The molecule has 0 saturated carbocycles.